The Kier molecular flexibility index (Phi) is 6.21. The largest absolute Gasteiger partial charge is 0.293 e. The van der Waals surface area contributed by atoms with Crippen molar-refractivity contribution in [2.24, 2.45) is 0 Å². The quantitative estimate of drug-likeness (QED) is 0.319. The predicted molar refractivity (Wildman–Crippen MR) is 119 cm³/mol. The normalized spacial score (nSPS) is 15.3. The second-order valence-corrected chi connectivity index (χ2v) is 9.46. The number of fused-ring (bicyclic) bond motifs is 1. The van der Waals surface area contributed by atoms with Crippen LogP contribution in [0.25, 0.3) is 0 Å². The molecule has 0 N–H and O–H groups in total. The number of nitrogens with zero attached hydrogens (tertiary/aromatic N) is 2. The van der Waals surface area contributed by atoms with Gasteiger partial charge in [-0.25, -0.2) is 4.98 Å². The van der Waals surface area contributed by atoms with Crippen LogP contribution in [0.2, 0.25) is 0 Å². The van der Waals surface area contributed by atoms with Gasteiger partial charge in [0, 0.05) is 23.8 Å². The number of Topliss-reactive ketones (excluding diaryl/α,β-unsaturated/α-hetero) is 1. The van der Waals surface area contributed by atoms with Gasteiger partial charge < -0.3 is 0 Å². The summed E-state index contributed by atoms with van der Waals surface area (Å²) in [7, 11) is 0. The highest BCUT2D eigenvalue weighted by molar-refractivity contribution is 8.00. The summed E-state index contributed by atoms with van der Waals surface area (Å²) in [6.07, 6.45) is 1.55. The maximum atomic E-state index is 13.2. The predicted octanol–water partition coefficient (Wildman–Crippen LogP) is 4.50. The Hall–Kier alpha value is -2.31. The summed E-state index contributed by atoms with van der Waals surface area (Å²) in [5.74, 6) is 0.311. The molecule has 2 heterocycles. The van der Waals surface area contributed by atoms with Crippen LogP contribution in [0.1, 0.15) is 28.5 Å². The van der Waals surface area contributed by atoms with Gasteiger partial charge in [-0.15, -0.1) is 11.8 Å². The van der Waals surface area contributed by atoms with Crippen LogP contribution in [0.5, 0.6) is 0 Å². The fourth-order valence-corrected chi connectivity index (χ4v) is 5.41. The van der Waals surface area contributed by atoms with Gasteiger partial charge >= 0.3 is 0 Å². The van der Waals surface area contributed by atoms with Crippen LogP contribution < -0.4 is 5.56 Å². The van der Waals surface area contributed by atoms with E-state index in [1.54, 1.807) is 16.3 Å². The molecule has 0 saturated heterocycles. The molecule has 0 bridgehead atoms. The fourth-order valence-electron chi connectivity index (χ4n) is 3.36. The molecule has 0 amide bonds. The van der Waals surface area contributed by atoms with E-state index < -0.39 is 0 Å². The monoisotopic (exact) mass is 422 g/mol. The van der Waals surface area contributed by atoms with E-state index in [4.69, 9.17) is 4.98 Å². The SMILES string of the molecule is C[C@@H]1Cc2nc(SCC(=O)c3ccccc3)n(CCc3ccccc3)c(=O)c2S1. The Labute approximate surface area is 178 Å². The molecule has 2 aromatic carbocycles. The Bertz CT molecular complexity index is 1070. The first kappa shape index (κ1) is 20.0. The Morgan fingerprint density at radius 3 is 2.55 bits per heavy atom. The lowest BCUT2D eigenvalue weighted by molar-refractivity contribution is 0.102. The van der Waals surface area contributed by atoms with Gasteiger partial charge in [0.05, 0.1) is 16.3 Å². The van der Waals surface area contributed by atoms with E-state index in [9.17, 15) is 9.59 Å². The third-order valence-corrected chi connectivity index (χ3v) is 7.05. The summed E-state index contributed by atoms with van der Waals surface area (Å²) in [6, 6.07) is 19.4. The van der Waals surface area contributed by atoms with Crippen LogP contribution in [-0.4, -0.2) is 26.3 Å². The Morgan fingerprint density at radius 1 is 1.14 bits per heavy atom. The zero-order valence-electron chi connectivity index (χ0n) is 16.2. The molecular formula is C23H22N2O2S2. The summed E-state index contributed by atoms with van der Waals surface area (Å²) in [5.41, 5.74) is 2.76. The Balaban J connectivity index is 1.59. The van der Waals surface area contributed by atoms with Gasteiger partial charge in [-0.05, 0) is 12.0 Å². The summed E-state index contributed by atoms with van der Waals surface area (Å²) >= 11 is 2.97. The van der Waals surface area contributed by atoms with Crippen LogP contribution in [0.3, 0.4) is 0 Å². The molecule has 0 spiro atoms. The standard InChI is InChI=1S/C23H22N2O2S2/c1-16-14-19-21(29-16)22(27)25(13-12-17-8-4-2-5-9-17)23(24-19)28-15-20(26)18-10-6-3-7-11-18/h2-11,16H,12-15H2,1H3/t16-/m1/s1. The van der Waals surface area contributed by atoms with Crippen LogP contribution in [0, 0.1) is 0 Å². The van der Waals surface area contributed by atoms with Crippen molar-refractivity contribution < 1.29 is 4.79 Å². The summed E-state index contributed by atoms with van der Waals surface area (Å²) < 4.78 is 1.75. The maximum Gasteiger partial charge on any atom is 0.268 e. The number of carbonyl (C=O) groups is 1. The van der Waals surface area contributed by atoms with Crippen LogP contribution in [0.4, 0.5) is 0 Å². The van der Waals surface area contributed by atoms with Gasteiger partial charge in [-0.1, -0.05) is 79.3 Å². The van der Waals surface area contributed by atoms with E-state index in [2.05, 4.69) is 19.1 Å². The van der Waals surface area contributed by atoms with Gasteiger partial charge in [0.1, 0.15) is 0 Å². The van der Waals surface area contributed by atoms with E-state index in [0.29, 0.717) is 22.5 Å². The smallest absolute Gasteiger partial charge is 0.268 e. The third-order valence-electron chi connectivity index (χ3n) is 4.86. The van der Waals surface area contributed by atoms with Crippen molar-refractivity contribution in [3.05, 3.63) is 87.8 Å². The number of aromatic nitrogens is 2. The highest BCUT2D eigenvalue weighted by Gasteiger charge is 2.26. The molecular weight excluding hydrogens is 400 g/mol. The van der Waals surface area contributed by atoms with Crippen molar-refractivity contribution in [2.75, 3.05) is 5.75 Å². The average molecular weight is 423 g/mol. The summed E-state index contributed by atoms with van der Waals surface area (Å²) in [6.45, 7) is 2.67. The van der Waals surface area contributed by atoms with E-state index in [-0.39, 0.29) is 17.1 Å². The lowest BCUT2D eigenvalue weighted by Crippen LogP contribution is -2.26. The molecule has 1 atom stereocenters. The molecule has 0 unspecified atom stereocenters. The van der Waals surface area contributed by atoms with Gasteiger partial charge in [0.25, 0.3) is 5.56 Å². The van der Waals surface area contributed by atoms with Crippen molar-refractivity contribution in [1.82, 2.24) is 9.55 Å². The second kappa shape index (κ2) is 9.01. The van der Waals surface area contributed by atoms with Gasteiger partial charge in [-0.2, -0.15) is 0 Å². The number of aryl methyl sites for hydroxylation is 1. The minimum Gasteiger partial charge on any atom is -0.293 e. The van der Waals surface area contributed by atoms with Crippen molar-refractivity contribution >= 4 is 29.3 Å². The van der Waals surface area contributed by atoms with E-state index >= 15 is 0 Å². The third kappa shape index (κ3) is 4.65. The number of ketones is 1. The molecule has 0 fully saturated rings. The van der Waals surface area contributed by atoms with E-state index in [1.807, 2.05) is 48.5 Å². The molecule has 3 aromatic rings. The first-order chi connectivity index (χ1) is 14.1. The molecule has 0 aliphatic carbocycles. The highest BCUT2D eigenvalue weighted by Crippen LogP contribution is 2.34. The van der Waals surface area contributed by atoms with Crippen molar-refractivity contribution in [3.8, 4) is 0 Å². The molecule has 29 heavy (non-hydrogen) atoms. The van der Waals surface area contributed by atoms with Gasteiger partial charge in [-0.3, -0.25) is 14.2 Å². The number of hydrogen-bond acceptors (Lipinski definition) is 5. The first-order valence-electron chi connectivity index (χ1n) is 9.67. The van der Waals surface area contributed by atoms with Crippen molar-refractivity contribution in [2.45, 2.75) is 41.6 Å². The topological polar surface area (TPSA) is 52.0 Å². The minimum absolute atomic E-state index is 0.0231. The fraction of sp³-hybridized carbons (Fsp3) is 0.261. The molecule has 1 aliphatic heterocycles. The second-order valence-electron chi connectivity index (χ2n) is 7.07. The van der Waals surface area contributed by atoms with Gasteiger partial charge in [0.2, 0.25) is 0 Å². The highest BCUT2D eigenvalue weighted by atomic mass is 32.2. The Morgan fingerprint density at radius 2 is 1.83 bits per heavy atom. The minimum atomic E-state index is 0.0231. The lowest BCUT2D eigenvalue weighted by Gasteiger charge is -2.13. The van der Waals surface area contributed by atoms with E-state index in [0.717, 1.165) is 23.4 Å². The number of thioether (sulfide) groups is 2. The molecule has 1 aromatic heterocycles. The lowest BCUT2D eigenvalue weighted by atomic mass is 10.1. The molecule has 0 saturated carbocycles. The summed E-state index contributed by atoms with van der Waals surface area (Å²) in [4.78, 5) is 31.3. The first-order valence-corrected chi connectivity index (χ1v) is 11.5. The van der Waals surface area contributed by atoms with Crippen LogP contribution in [0.15, 0.2) is 75.5 Å². The average Bonchev–Trinajstić information content (AvgIpc) is 3.13. The molecule has 4 nitrogen and oxygen atoms in total. The van der Waals surface area contributed by atoms with Crippen molar-refractivity contribution in [1.29, 1.82) is 0 Å². The number of benzene rings is 2. The molecule has 0 radical (unpaired) electrons. The maximum absolute atomic E-state index is 13.2. The molecule has 4 rings (SSSR count). The van der Waals surface area contributed by atoms with Crippen LogP contribution in [-0.2, 0) is 19.4 Å². The van der Waals surface area contributed by atoms with Crippen LogP contribution >= 0.6 is 23.5 Å². The molecule has 148 valence electrons. The number of hydrogen-bond donors (Lipinski definition) is 0. The number of rotatable bonds is 7. The van der Waals surface area contributed by atoms with Crippen molar-refractivity contribution in [3.63, 3.8) is 0 Å². The van der Waals surface area contributed by atoms with E-state index in [1.165, 1.54) is 17.3 Å². The molecule has 6 heteroatoms. The summed E-state index contributed by atoms with van der Waals surface area (Å²) in [5, 5.41) is 1.00. The molecule has 1 aliphatic rings. The zero-order valence-corrected chi connectivity index (χ0v) is 17.8. The number of carbonyl (C=O) groups excluding carboxylic acids is 1. The van der Waals surface area contributed by atoms with Gasteiger partial charge in [0.15, 0.2) is 10.9 Å². The zero-order chi connectivity index (χ0) is 20.2.